The van der Waals surface area contributed by atoms with Crippen molar-refractivity contribution in [3.63, 3.8) is 0 Å². The van der Waals surface area contributed by atoms with Crippen molar-refractivity contribution >= 4 is 11.8 Å². The molecule has 150 valence electrons. The predicted molar refractivity (Wildman–Crippen MR) is 82.8 cm³/mol. The molecule has 0 aliphatic rings. The van der Waals surface area contributed by atoms with Crippen molar-refractivity contribution in [3.05, 3.63) is 70.3 Å². The van der Waals surface area contributed by atoms with E-state index in [4.69, 9.17) is 0 Å². The third-order valence-electron chi connectivity index (χ3n) is 3.62. The van der Waals surface area contributed by atoms with Gasteiger partial charge in [0, 0.05) is 6.54 Å². The minimum atomic E-state index is -2.44. The van der Waals surface area contributed by atoms with Crippen LogP contribution in [0.25, 0.3) is 0 Å². The summed E-state index contributed by atoms with van der Waals surface area (Å²) in [7, 11) is 0. The first-order chi connectivity index (χ1) is 13.2. The number of rotatable bonds is 6. The zero-order valence-corrected chi connectivity index (χ0v) is 13.8. The van der Waals surface area contributed by atoms with Gasteiger partial charge in [0.2, 0.25) is 11.7 Å². The molecule has 1 unspecified atom stereocenters. The Morgan fingerprint density at radius 2 is 1.36 bits per heavy atom. The lowest BCUT2D eigenvalue weighted by Gasteiger charge is -2.17. The molecule has 0 spiro atoms. The van der Waals surface area contributed by atoms with Crippen LogP contribution in [-0.4, -0.2) is 29.6 Å². The van der Waals surface area contributed by atoms with Gasteiger partial charge in [0.15, 0.2) is 23.3 Å². The number of carbonyl (C=O) groups excluding carboxylic acids is 2. The summed E-state index contributed by atoms with van der Waals surface area (Å²) >= 11 is 0. The van der Waals surface area contributed by atoms with Gasteiger partial charge in [-0.05, 0) is 17.7 Å². The van der Waals surface area contributed by atoms with E-state index in [-0.39, 0.29) is 6.54 Å². The average Bonchev–Trinajstić information content (AvgIpc) is 2.68. The predicted octanol–water partition coefficient (Wildman–Crippen LogP) is 1.93. The van der Waals surface area contributed by atoms with Gasteiger partial charge < -0.3 is 15.7 Å². The summed E-state index contributed by atoms with van der Waals surface area (Å²) in [6.45, 7) is -1.18. The van der Waals surface area contributed by atoms with Crippen LogP contribution in [0, 0.1) is 34.9 Å². The van der Waals surface area contributed by atoms with E-state index in [9.17, 15) is 41.0 Å². The molecule has 0 fully saturated rings. The van der Waals surface area contributed by atoms with Crippen molar-refractivity contribution in [3.8, 4) is 0 Å². The first kappa shape index (κ1) is 21.2. The van der Waals surface area contributed by atoms with Gasteiger partial charge in [-0.15, -0.1) is 0 Å². The molecule has 0 heterocycles. The maximum atomic E-state index is 13.6. The van der Waals surface area contributed by atoms with E-state index >= 15 is 0 Å². The summed E-state index contributed by atoms with van der Waals surface area (Å²) in [5, 5.41) is 13.1. The van der Waals surface area contributed by atoms with Crippen LogP contribution < -0.4 is 10.6 Å². The number of aliphatic hydroxyl groups excluding tert-OH is 1. The number of amides is 2. The molecular formula is C17H12F6N2O3. The third-order valence-corrected chi connectivity index (χ3v) is 3.62. The number of benzene rings is 2. The van der Waals surface area contributed by atoms with Crippen LogP contribution in [0.2, 0.25) is 0 Å². The van der Waals surface area contributed by atoms with Gasteiger partial charge in [-0.25, -0.2) is 26.3 Å². The van der Waals surface area contributed by atoms with Gasteiger partial charge in [-0.3, -0.25) is 9.59 Å². The summed E-state index contributed by atoms with van der Waals surface area (Å²) in [6.07, 6.45) is 0. The molecule has 11 heteroatoms. The van der Waals surface area contributed by atoms with Crippen molar-refractivity contribution in [2.24, 2.45) is 0 Å². The van der Waals surface area contributed by atoms with E-state index in [0.717, 1.165) is 12.1 Å². The van der Waals surface area contributed by atoms with Crippen LogP contribution in [0.1, 0.15) is 15.9 Å². The average molecular weight is 406 g/mol. The van der Waals surface area contributed by atoms with Crippen LogP contribution in [-0.2, 0) is 11.3 Å². The Bertz CT molecular complexity index is 876. The fourth-order valence-electron chi connectivity index (χ4n) is 2.14. The van der Waals surface area contributed by atoms with Crippen molar-refractivity contribution in [1.29, 1.82) is 0 Å². The summed E-state index contributed by atoms with van der Waals surface area (Å²) in [5.41, 5.74) is -1.33. The van der Waals surface area contributed by atoms with Crippen molar-refractivity contribution in [1.82, 2.24) is 10.6 Å². The standard InChI is InChI=1S/C17H12F6N2O3/c18-8-3-1-7(2-4-8)5-24-16(27)9(6-26)25-17(28)10-11(19)13(21)15(23)14(22)12(10)20/h1-4,9,26H,5-6H2,(H,24,27)(H,25,28). The Labute approximate surface area is 154 Å². The van der Waals surface area contributed by atoms with Crippen LogP contribution in [0.3, 0.4) is 0 Å². The first-order valence-electron chi connectivity index (χ1n) is 7.62. The van der Waals surface area contributed by atoms with E-state index in [2.05, 4.69) is 5.32 Å². The monoisotopic (exact) mass is 406 g/mol. The lowest BCUT2D eigenvalue weighted by molar-refractivity contribution is -0.124. The highest BCUT2D eigenvalue weighted by molar-refractivity contribution is 5.98. The van der Waals surface area contributed by atoms with Gasteiger partial charge >= 0.3 is 0 Å². The zero-order chi connectivity index (χ0) is 21.0. The highest BCUT2D eigenvalue weighted by Crippen LogP contribution is 2.23. The van der Waals surface area contributed by atoms with Gasteiger partial charge in [0.05, 0.1) is 6.61 Å². The van der Waals surface area contributed by atoms with E-state index in [1.165, 1.54) is 12.1 Å². The van der Waals surface area contributed by atoms with Crippen LogP contribution >= 0.6 is 0 Å². The SMILES string of the molecule is O=C(NC(CO)C(=O)NCc1ccc(F)cc1)c1c(F)c(F)c(F)c(F)c1F. The quantitative estimate of drug-likeness (QED) is 0.390. The second kappa shape index (κ2) is 8.74. The Hall–Kier alpha value is -3.08. The maximum Gasteiger partial charge on any atom is 0.258 e. The Morgan fingerprint density at radius 1 is 0.857 bits per heavy atom. The molecule has 0 saturated heterocycles. The van der Waals surface area contributed by atoms with Crippen molar-refractivity contribution in [2.75, 3.05) is 6.61 Å². The zero-order valence-electron chi connectivity index (χ0n) is 13.8. The molecule has 0 radical (unpaired) electrons. The van der Waals surface area contributed by atoms with E-state index < -0.39 is 64.9 Å². The summed E-state index contributed by atoms with van der Waals surface area (Å²) < 4.78 is 79.5. The van der Waals surface area contributed by atoms with Crippen molar-refractivity contribution in [2.45, 2.75) is 12.6 Å². The fraction of sp³-hybridized carbons (Fsp3) is 0.176. The molecule has 2 aromatic carbocycles. The number of hydrogen-bond donors (Lipinski definition) is 3. The molecule has 2 amide bonds. The first-order valence-corrected chi connectivity index (χ1v) is 7.62. The highest BCUT2D eigenvalue weighted by Gasteiger charge is 2.31. The Kier molecular flexibility index (Phi) is 6.62. The summed E-state index contributed by atoms with van der Waals surface area (Å²) in [5.74, 6) is -15.2. The normalized spacial score (nSPS) is 11.8. The smallest absolute Gasteiger partial charge is 0.258 e. The second-order valence-electron chi connectivity index (χ2n) is 5.50. The van der Waals surface area contributed by atoms with Crippen LogP contribution in [0.15, 0.2) is 24.3 Å². The molecule has 0 aliphatic carbocycles. The molecule has 0 bridgehead atoms. The summed E-state index contributed by atoms with van der Waals surface area (Å²) in [4.78, 5) is 23.9. The second-order valence-corrected chi connectivity index (χ2v) is 5.50. The van der Waals surface area contributed by atoms with Gasteiger partial charge in [-0.2, -0.15) is 0 Å². The molecular weight excluding hydrogens is 394 g/mol. The lowest BCUT2D eigenvalue weighted by Crippen LogP contribution is -2.49. The minimum absolute atomic E-state index is 0.145. The number of halogens is 6. The van der Waals surface area contributed by atoms with Gasteiger partial charge in [0.1, 0.15) is 17.4 Å². The Morgan fingerprint density at radius 3 is 1.86 bits per heavy atom. The van der Waals surface area contributed by atoms with E-state index in [1.807, 2.05) is 0 Å². The Balaban J connectivity index is 2.13. The minimum Gasteiger partial charge on any atom is -0.394 e. The number of aliphatic hydroxyl groups is 1. The lowest BCUT2D eigenvalue weighted by atomic mass is 10.1. The molecule has 2 rings (SSSR count). The fourth-order valence-corrected chi connectivity index (χ4v) is 2.14. The molecule has 28 heavy (non-hydrogen) atoms. The maximum absolute atomic E-state index is 13.6. The number of nitrogens with one attached hydrogen (secondary N) is 2. The number of hydrogen-bond acceptors (Lipinski definition) is 3. The van der Waals surface area contributed by atoms with Crippen molar-refractivity contribution < 1.29 is 41.0 Å². The van der Waals surface area contributed by atoms with E-state index in [0.29, 0.717) is 5.56 Å². The molecule has 3 N–H and O–H groups in total. The molecule has 2 aromatic rings. The third kappa shape index (κ3) is 4.42. The number of carbonyl (C=O) groups is 2. The molecule has 0 aromatic heterocycles. The topological polar surface area (TPSA) is 78.4 Å². The van der Waals surface area contributed by atoms with Crippen LogP contribution in [0.5, 0.6) is 0 Å². The largest absolute Gasteiger partial charge is 0.394 e. The summed E-state index contributed by atoms with van der Waals surface area (Å²) in [6, 6.07) is 3.18. The molecule has 1 atom stereocenters. The molecule has 5 nitrogen and oxygen atoms in total. The molecule has 0 aliphatic heterocycles. The van der Waals surface area contributed by atoms with E-state index in [1.54, 1.807) is 5.32 Å². The van der Waals surface area contributed by atoms with Gasteiger partial charge in [0.25, 0.3) is 5.91 Å². The van der Waals surface area contributed by atoms with Crippen LogP contribution in [0.4, 0.5) is 26.3 Å². The van der Waals surface area contributed by atoms with Gasteiger partial charge in [-0.1, -0.05) is 12.1 Å². The highest BCUT2D eigenvalue weighted by atomic mass is 19.2. The molecule has 0 saturated carbocycles.